The van der Waals surface area contributed by atoms with Crippen molar-refractivity contribution in [1.29, 1.82) is 0 Å². The van der Waals surface area contributed by atoms with Crippen LogP contribution in [-0.2, 0) is 0 Å². The second-order valence-corrected chi connectivity index (χ2v) is 14.4. The Morgan fingerprint density at radius 1 is 0.920 bits per heavy atom. The fourth-order valence-corrected chi connectivity index (χ4v) is 11.8. The lowest BCUT2D eigenvalue weighted by Crippen LogP contribution is -2.42. The molecule has 1 heteroatoms. The van der Waals surface area contributed by atoms with E-state index < -0.39 is 0 Å². The van der Waals surface area contributed by atoms with Crippen molar-refractivity contribution in [2.24, 2.45) is 17.8 Å². The highest BCUT2D eigenvalue weighted by molar-refractivity contribution is 7.60. The van der Waals surface area contributed by atoms with Gasteiger partial charge in [-0.2, -0.15) is 0 Å². The van der Waals surface area contributed by atoms with Crippen molar-refractivity contribution in [3.05, 3.63) is 0 Å². The normalized spacial score (nSPS) is 35.5. The summed E-state index contributed by atoms with van der Waals surface area (Å²) in [5.74, 6) is 3.20. The molecule has 25 heavy (non-hydrogen) atoms. The SMILES string of the molecule is CCCCP(C(C)(C)CC1CCCCC1)C1(C)C[C@@H]2CCC[C@@H](C2)C1. The number of rotatable bonds is 7. The van der Waals surface area contributed by atoms with Crippen molar-refractivity contribution in [3.8, 4) is 0 Å². The van der Waals surface area contributed by atoms with Crippen molar-refractivity contribution in [1.82, 2.24) is 0 Å². The van der Waals surface area contributed by atoms with Crippen LogP contribution >= 0.6 is 7.92 Å². The van der Waals surface area contributed by atoms with Gasteiger partial charge in [-0.25, -0.2) is 0 Å². The molecule has 0 radical (unpaired) electrons. The van der Waals surface area contributed by atoms with Crippen molar-refractivity contribution in [2.45, 2.75) is 128 Å². The van der Waals surface area contributed by atoms with Crippen LogP contribution in [0.2, 0.25) is 0 Å². The molecule has 0 amide bonds. The van der Waals surface area contributed by atoms with Gasteiger partial charge < -0.3 is 0 Å². The summed E-state index contributed by atoms with van der Waals surface area (Å²) in [6, 6.07) is 0. The molecular weight excluding hydrogens is 319 g/mol. The predicted octanol–water partition coefficient (Wildman–Crippen LogP) is 8.38. The molecule has 4 atom stereocenters. The monoisotopic (exact) mass is 364 g/mol. The third-order valence-corrected chi connectivity index (χ3v) is 12.1. The van der Waals surface area contributed by atoms with Crippen LogP contribution in [0.4, 0.5) is 0 Å². The van der Waals surface area contributed by atoms with Gasteiger partial charge in [-0.1, -0.05) is 93.4 Å². The van der Waals surface area contributed by atoms with Gasteiger partial charge in [0.25, 0.3) is 0 Å². The topological polar surface area (TPSA) is 0 Å². The molecule has 3 aliphatic carbocycles. The fraction of sp³-hybridized carbons (Fsp3) is 1.00. The standard InChI is InChI=1S/C24H45P/c1-5-6-15-25(23(2,3)17-20-11-8-7-9-12-20)24(4)18-21-13-10-14-22(16-21)19-24/h20-22H,5-19H2,1-4H3/t21-,22+,24?,25?. The number of fused-ring (bicyclic) bond motifs is 2. The van der Waals surface area contributed by atoms with E-state index >= 15 is 0 Å². The van der Waals surface area contributed by atoms with Crippen molar-refractivity contribution < 1.29 is 0 Å². The molecule has 146 valence electrons. The summed E-state index contributed by atoms with van der Waals surface area (Å²) in [4.78, 5) is 0. The first-order valence-electron chi connectivity index (χ1n) is 11.7. The van der Waals surface area contributed by atoms with Gasteiger partial charge in [0.05, 0.1) is 0 Å². The molecule has 0 spiro atoms. The van der Waals surface area contributed by atoms with Crippen LogP contribution in [0.1, 0.15) is 118 Å². The minimum atomic E-state index is 0.140. The summed E-state index contributed by atoms with van der Waals surface area (Å²) in [6.07, 6.45) is 22.9. The van der Waals surface area contributed by atoms with Crippen molar-refractivity contribution in [3.63, 3.8) is 0 Å². The van der Waals surface area contributed by atoms with E-state index in [0.29, 0.717) is 10.3 Å². The first kappa shape index (κ1) is 20.2. The van der Waals surface area contributed by atoms with Gasteiger partial charge in [0, 0.05) is 0 Å². The first-order valence-corrected chi connectivity index (χ1v) is 13.2. The first-order chi connectivity index (χ1) is 11.9. The Bertz CT molecular complexity index is 394. The van der Waals surface area contributed by atoms with Gasteiger partial charge in [-0.3, -0.25) is 0 Å². The van der Waals surface area contributed by atoms with E-state index in [1.807, 2.05) is 0 Å². The Balaban J connectivity index is 1.74. The lowest BCUT2D eigenvalue weighted by molar-refractivity contribution is 0.158. The maximum Gasteiger partial charge on any atom is -0.0113 e. The summed E-state index contributed by atoms with van der Waals surface area (Å²) < 4.78 is 0. The molecule has 0 aliphatic heterocycles. The number of unbranched alkanes of at least 4 members (excludes halogenated alkanes) is 1. The molecule has 3 fully saturated rings. The zero-order valence-electron chi connectivity index (χ0n) is 17.8. The van der Waals surface area contributed by atoms with E-state index in [1.54, 1.807) is 38.3 Å². The summed E-state index contributed by atoms with van der Waals surface area (Å²) in [5, 5.41) is 1.30. The Morgan fingerprint density at radius 3 is 2.16 bits per heavy atom. The second-order valence-electron chi connectivity index (χ2n) is 10.8. The molecule has 0 aromatic rings. The Kier molecular flexibility index (Phi) is 6.96. The van der Waals surface area contributed by atoms with Gasteiger partial charge in [0.1, 0.15) is 0 Å². The van der Waals surface area contributed by atoms with E-state index in [2.05, 4.69) is 27.7 Å². The summed E-state index contributed by atoms with van der Waals surface area (Å²) >= 11 is 0. The van der Waals surface area contributed by atoms with E-state index in [4.69, 9.17) is 0 Å². The highest BCUT2D eigenvalue weighted by Gasteiger charge is 2.48. The van der Waals surface area contributed by atoms with Gasteiger partial charge in [0.2, 0.25) is 0 Å². The Morgan fingerprint density at radius 2 is 1.56 bits per heavy atom. The molecule has 3 rings (SSSR count). The van der Waals surface area contributed by atoms with Gasteiger partial charge in [-0.05, 0) is 66.3 Å². The molecule has 0 aromatic carbocycles. The molecule has 2 unspecified atom stereocenters. The maximum atomic E-state index is 2.75. The smallest absolute Gasteiger partial charge is 0.0113 e. The molecule has 0 aromatic heterocycles. The molecular formula is C24H45P. The van der Waals surface area contributed by atoms with Crippen molar-refractivity contribution >= 4 is 7.92 Å². The minimum absolute atomic E-state index is 0.140. The molecule has 0 N–H and O–H groups in total. The van der Waals surface area contributed by atoms with Crippen LogP contribution in [-0.4, -0.2) is 16.5 Å². The van der Waals surface area contributed by atoms with Crippen LogP contribution in [0.5, 0.6) is 0 Å². The minimum Gasteiger partial charge on any atom is -0.0948 e. The second kappa shape index (κ2) is 8.63. The highest BCUT2D eigenvalue weighted by atomic mass is 31.1. The van der Waals surface area contributed by atoms with E-state index in [0.717, 1.165) is 17.8 Å². The zero-order valence-corrected chi connectivity index (χ0v) is 18.7. The van der Waals surface area contributed by atoms with Crippen LogP contribution < -0.4 is 0 Å². The summed E-state index contributed by atoms with van der Waals surface area (Å²) in [5.41, 5.74) is 0. The van der Waals surface area contributed by atoms with Crippen LogP contribution in [0.25, 0.3) is 0 Å². The molecule has 0 saturated heterocycles. The third kappa shape index (κ3) is 5.03. The van der Waals surface area contributed by atoms with Gasteiger partial charge >= 0.3 is 0 Å². The average Bonchev–Trinajstić information content (AvgIpc) is 2.54. The van der Waals surface area contributed by atoms with Crippen LogP contribution in [0, 0.1) is 17.8 Å². The quantitative estimate of drug-likeness (QED) is 0.398. The third-order valence-electron chi connectivity index (χ3n) is 7.98. The zero-order chi connectivity index (χ0) is 17.9. The summed E-state index contributed by atoms with van der Waals surface area (Å²) in [7, 11) is 0.140. The average molecular weight is 365 g/mol. The lowest BCUT2D eigenvalue weighted by Gasteiger charge is -2.55. The number of hydrogen-bond acceptors (Lipinski definition) is 0. The molecule has 3 saturated carbocycles. The largest absolute Gasteiger partial charge is 0.0948 e. The van der Waals surface area contributed by atoms with E-state index in [-0.39, 0.29) is 7.92 Å². The van der Waals surface area contributed by atoms with Crippen LogP contribution in [0.15, 0.2) is 0 Å². The van der Waals surface area contributed by atoms with E-state index in [9.17, 15) is 0 Å². The number of hydrogen-bond donors (Lipinski definition) is 0. The van der Waals surface area contributed by atoms with Gasteiger partial charge in [-0.15, -0.1) is 0 Å². The Hall–Kier alpha value is 0.430. The van der Waals surface area contributed by atoms with Crippen LogP contribution in [0.3, 0.4) is 0 Å². The Labute approximate surface area is 160 Å². The fourth-order valence-electron chi connectivity index (χ4n) is 7.15. The summed E-state index contributed by atoms with van der Waals surface area (Å²) in [6.45, 7) is 10.5. The van der Waals surface area contributed by atoms with Crippen molar-refractivity contribution in [2.75, 3.05) is 6.16 Å². The maximum absolute atomic E-state index is 2.75. The molecule has 0 nitrogen and oxygen atoms in total. The predicted molar refractivity (Wildman–Crippen MR) is 115 cm³/mol. The van der Waals surface area contributed by atoms with Gasteiger partial charge in [0.15, 0.2) is 0 Å². The molecule has 0 heterocycles. The lowest BCUT2D eigenvalue weighted by atomic mass is 9.68. The molecule has 3 aliphatic rings. The highest BCUT2D eigenvalue weighted by Crippen LogP contribution is 2.68. The van der Waals surface area contributed by atoms with E-state index in [1.165, 1.54) is 57.8 Å². The molecule has 2 bridgehead atoms.